The summed E-state index contributed by atoms with van der Waals surface area (Å²) in [4.78, 5) is 1.52. The zero-order chi connectivity index (χ0) is 13.3. The molecule has 0 aliphatic heterocycles. The van der Waals surface area contributed by atoms with Crippen LogP contribution in [0.4, 0.5) is 0 Å². The van der Waals surface area contributed by atoms with Crippen molar-refractivity contribution in [1.82, 2.24) is 5.32 Å². The molecular formula is C17H21NS. The molecule has 2 aromatic rings. The summed E-state index contributed by atoms with van der Waals surface area (Å²) in [6.07, 6.45) is 2.60. The Kier molecular flexibility index (Phi) is 3.46. The Morgan fingerprint density at radius 1 is 1.21 bits per heavy atom. The third-order valence-corrected chi connectivity index (χ3v) is 5.35. The van der Waals surface area contributed by atoms with Crippen molar-refractivity contribution in [2.75, 3.05) is 6.54 Å². The molecule has 19 heavy (non-hydrogen) atoms. The van der Waals surface area contributed by atoms with Crippen LogP contribution in [0.15, 0.2) is 41.8 Å². The van der Waals surface area contributed by atoms with E-state index in [0.717, 1.165) is 6.54 Å². The highest BCUT2D eigenvalue weighted by Gasteiger charge is 2.51. The molecule has 1 nitrogen and oxygen atoms in total. The molecule has 1 aromatic heterocycles. The average Bonchev–Trinajstić information content (AvgIpc) is 3.14. The van der Waals surface area contributed by atoms with Crippen LogP contribution in [0.25, 0.3) is 0 Å². The van der Waals surface area contributed by atoms with E-state index in [0.29, 0.717) is 11.5 Å². The van der Waals surface area contributed by atoms with Gasteiger partial charge in [0.2, 0.25) is 0 Å². The maximum atomic E-state index is 3.74. The Morgan fingerprint density at radius 2 is 1.95 bits per heavy atom. The van der Waals surface area contributed by atoms with Gasteiger partial charge in [0.25, 0.3) is 0 Å². The van der Waals surface area contributed by atoms with E-state index >= 15 is 0 Å². The third-order valence-electron chi connectivity index (χ3n) is 4.26. The first-order valence-corrected chi connectivity index (χ1v) is 7.99. The maximum absolute atomic E-state index is 3.74. The summed E-state index contributed by atoms with van der Waals surface area (Å²) in [6, 6.07) is 13.7. The van der Waals surface area contributed by atoms with E-state index in [1.165, 1.54) is 28.8 Å². The summed E-state index contributed by atoms with van der Waals surface area (Å²) in [6.45, 7) is 5.46. The molecule has 1 aromatic carbocycles. The molecule has 0 bridgehead atoms. The number of aryl methyl sites for hydroxylation is 1. The number of benzene rings is 1. The maximum Gasteiger partial charge on any atom is 0.0515 e. The Bertz CT molecular complexity index is 539. The zero-order valence-electron chi connectivity index (χ0n) is 11.6. The van der Waals surface area contributed by atoms with E-state index in [2.05, 4.69) is 60.9 Å². The van der Waals surface area contributed by atoms with Crippen LogP contribution in [0.1, 0.15) is 41.8 Å². The van der Waals surface area contributed by atoms with Crippen molar-refractivity contribution >= 4 is 11.3 Å². The standard InChI is InChI=1S/C17H21NS/c1-3-18-16(15-13(2)9-12-19-15)17(10-11-17)14-7-5-4-6-8-14/h4-9,12,16,18H,3,10-11H2,1-2H3. The van der Waals surface area contributed by atoms with E-state index in [4.69, 9.17) is 0 Å². The van der Waals surface area contributed by atoms with Gasteiger partial charge >= 0.3 is 0 Å². The topological polar surface area (TPSA) is 12.0 Å². The lowest BCUT2D eigenvalue weighted by Gasteiger charge is -2.28. The van der Waals surface area contributed by atoms with Gasteiger partial charge in [0.05, 0.1) is 6.04 Å². The molecule has 0 spiro atoms. The molecule has 0 radical (unpaired) electrons. The monoisotopic (exact) mass is 271 g/mol. The number of rotatable bonds is 5. The summed E-state index contributed by atoms with van der Waals surface area (Å²) in [5, 5.41) is 5.96. The van der Waals surface area contributed by atoms with E-state index in [1.54, 1.807) is 0 Å². The zero-order valence-corrected chi connectivity index (χ0v) is 12.5. The molecule has 1 aliphatic rings. The van der Waals surface area contributed by atoms with Crippen LogP contribution in [-0.2, 0) is 5.41 Å². The predicted molar refractivity (Wildman–Crippen MR) is 82.8 cm³/mol. The van der Waals surface area contributed by atoms with E-state index < -0.39 is 0 Å². The second-order valence-electron chi connectivity index (χ2n) is 5.48. The van der Waals surface area contributed by atoms with Gasteiger partial charge in [-0.25, -0.2) is 0 Å². The summed E-state index contributed by atoms with van der Waals surface area (Å²) >= 11 is 1.90. The van der Waals surface area contributed by atoms with Crippen LogP contribution in [0.5, 0.6) is 0 Å². The molecule has 2 heteroatoms. The minimum atomic E-state index is 0.326. The highest BCUT2D eigenvalue weighted by molar-refractivity contribution is 7.10. The first kappa shape index (κ1) is 12.9. The number of hydrogen-bond donors (Lipinski definition) is 1. The fourth-order valence-electron chi connectivity index (χ4n) is 3.07. The summed E-state index contributed by atoms with van der Waals surface area (Å²) in [5.41, 5.74) is 3.25. The van der Waals surface area contributed by atoms with Gasteiger partial charge in [-0.3, -0.25) is 0 Å². The van der Waals surface area contributed by atoms with Crippen molar-refractivity contribution in [3.8, 4) is 0 Å². The molecule has 1 aliphatic carbocycles. The molecule has 1 fully saturated rings. The Morgan fingerprint density at radius 3 is 2.47 bits per heavy atom. The van der Waals surface area contributed by atoms with Gasteiger partial charge in [0, 0.05) is 10.3 Å². The third kappa shape index (κ3) is 2.24. The highest BCUT2D eigenvalue weighted by Crippen LogP contribution is 2.57. The van der Waals surface area contributed by atoms with Gasteiger partial charge in [-0.05, 0) is 48.9 Å². The van der Waals surface area contributed by atoms with Crippen LogP contribution in [0.2, 0.25) is 0 Å². The van der Waals surface area contributed by atoms with Gasteiger partial charge < -0.3 is 5.32 Å². The second kappa shape index (κ2) is 5.10. The normalized spacial score (nSPS) is 18.2. The lowest BCUT2D eigenvalue weighted by molar-refractivity contribution is 0.444. The van der Waals surface area contributed by atoms with Gasteiger partial charge in [-0.15, -0.1) is 11.3 Å². The largest absolute Gasteiger partial charge is 0.309 e. The van der Waals surface area contributed by atoms with Crippen molar-refractivity contribution in [2.45, 2.75) is 38.1 Å². The van der Waals surface area contributed by atoms with Crippen molar-refractivity contribution in [1.29, 1.82) is 0 Å². The minimum absolute atomic E-state index is 0.326. The molecule has 3 rings (SSSR count). The number of thiophene rings is 1. The smallest absolute Gasteiger partial charge is 0.0515 e. The molecule has 1 atom stereocenters. The Balaban J connectivity index is 1.99. The summed E-state index contributed by atoms with van der Waals surface area (Å²) < 4.78 is 0. The van der Waals surface area contributed by atoms with E-state index in [-0.39, 0.29) is 0 Å². The van der Waals surface area contributed by atoms with Crippen molar-refractivity contribution in [2.24, 2.45) is 0 Å². The molecule has 1 heterocycles. The number of nitrogens with one attached hydrogen (secondary N) is 1. The van der Waals surface area contributed by atoms with Crippen molar-refractivity contribution in [3.05, 3.63) is 57.8 Å². The van der Waals surface area contributed by atoms with E-state index in [1.807, 2.05) is 11.3 Å². The second-order valence-corrected chi connectivity index (χ2v) is 6.43. The fraction of sp³-hybridized carbons (Fsp3) is 0.412. The molecule has 1 unspecified atom stereocenters. The molecular weight excluding hydrogens is 250 g/mol. The van der Waals surface area contributed by atoms with E-state index in [9.17, 15) is 0 Å². The molecule has 1 saturated carbocycles. The van der Waals surface area contributed by atoms with Crippen LogP contribution in [0.3, 0.4) is 0 Å². The molecule has 0 saturated heterocycles. The van der Waals surface area contributed by atoms with Gasteiger partial charge in [0.15, 0.2) is 0 Å². The van der Waals surface area contributed by atoms with Crippen LogP contribution < -0.4 is 5.32 Å². The van der Waals surface area contributed by atoms with Crippen molar-refractivity contribution < 1.29 is 0 Å². The fourth-order valence-corrected chi connectivity index (χ4v) is 4.19. The lowest BCUT2D eigenvalue weighted by atomic mass is 9.86. The predicted octanol–water partition coefficient (Wildman–Crippen LogP) is 4.44. The van der Waals surface area contributed by atoms with Crippen LogP contribution >= 0.6 is 11.3 Å². The quantitative estimate of drug-likeness (QED) is 0.847. The highest BCUT2D eigenvalue weighted by atomic mass is 32.1. The SMILES string of the molecule is CCNC(c1sccc1C)C1(c2ccccc2)CC1. The summed E-state index contributed by atoms with van der Waals surface area (Å²) in [7, 11) is 0. The average molecular weight is 271 g/mol. The summed E-state index contributed by atoms with van der Waals surface area (Å²) in [5.74, 6) is 0. The molecule has 100 valence electrons. The number of hydrogen-bond acceptors (Lipinski definition) is 2. The minimum Gasteiger partial charge on any atom is -0.309 e. The Hall–Kier alpha value is -1.12. The van der Waals surface area contributed by atoms with Gasteiger partial charge in [-0.1, -0.05) is 37.3 Å². The first-order chi connectivity index (χ1) is 9.28. The molecule has 0 amide bonds. The molecule has 1 N–H and O–H groups in total. The van der Waals surface area contributed by atoms with Crippen molar-refractivity contribution in [3.63, 3.8) is 0 Å². The van der Waals surface area contributed by atoms with Crippen LogP contribution in [-0.4, -0.2) is 6.54 Å². The van der Waals surface area contributed by atoms with Gasteiger partial charge in [-0.2, -0.15) is 0 Å². The van der Waals surface area contributed by atoms with Crippen LogP contribution in [0, 0.1) is 6.92 Å². The van der Waals surface area contributed by atoms with Gasteiger partial charge in [0.1, 0.15) is 0 Å². The first-order valence-electron chi connectivity index (χ1n) is 7.11. The number of likely N-dealkylation sites (N-methyl/N-ethyl adjacent to an activating group) is 1. The lowest BCUT2D eigenvalue weighted by Crippen LogP contribution is -2.32. The Labute approximate surface area is 119 Å².